The summed E-state index contributed by atoms with van der Waals surface area (Å²) in [6.07, 6.45) is 0. The highest BCUT2D eigenvalue weighted by molar-refractivity contribution is 6.09. The standard InChI is InChI=1S/C20H15NO4/c1-25-17-9-5-8-15(12-17)18-13-16(10-11-19(18)21(23)24)20(22)14-6-3-2-4-7-14/h2-13H,1H3. The van der Waals surface area contributed by atoms with Gasteiger partial charge in [0.15, 0.2) is 5.78 Å². The molecule has 3 aromatic rings. The first-order chi connectivity index (χ1) is 12.1. The summed E-state index contributed by atoms with van der Waals surface area (Å²) in [7, 11) is 1.53. The van der Waals surface area contributed by atoms with Gasteiger partial charge in [0.2, 0.25) is 0 Å². The molecule has 0 saturated carbocycles. The number of ether oxygens (including phenoxy) is 1. The van der Waals surface area contributed by atoms with E-state index in [0.717, 1.165) is 0 Å². The number of hydrogen-bond donors (Lipinski definition) is 0. The summed E-state index contributed by atoms with van der Waals surface area (Å²) < 4.78 is 5.19. The summed E-state index contributed by atoms with van der Waals surface area (Å²) in [4.78, 5) is 23.6. The van der Waals surface area contributed by atoms with Crippen LogP contribution >= 0.6 is 0 Å². The number of hydrogen-bond acceptors (Lipinski definition) is 4. The Morgan fingerprint density at radius 1 is 0.920 bits per heavy atom. The summed E-state index contributed by atoms with van der Waals surface area (Å²) in [5, 5.41) is 11.4. The summed E-state index contributed by atoms with van der Waals surface area (Å²) in [5.41, 5.74) is 1.87. The minimum atomic E-state index is -0.453. The summed E-state index contributed by atoms with van der Waals surface area (Å²) in [6, 6.07) is 20.2. The van der Waals surface area contributed by atoms with Crippen molar-refractivity contribution in [2.45, 2.75) is 0 Å². The third kappa shape index (κ3) is 3.40. The molecule has 0 heterocycles. The average Bonchev–Trinajstić information content (AvgIpc) is 2.67. The molecule has 0 spiro atoms. The van der Waals surface area contributed by atoms with Crippen LogP contribution in [-0.2, 0) is 0 Å². The van der Waals surface area contributed by atoms with Crippen LogP contribution in [0.4, 0.5) is 5.69 Å². The lowest BCUT2D eigenvalue weighted by atomic mass is 9.96. The number of ketones is 1. The van der Waals surface area contributed by atoms with E-state index in [2.05, 4.69) is 0 Å². The number of benzene rings is 3. The van der Waals surface area contributed by atoms with Crippen LogP contribution in [0.15, 0.2) is 72.8 Å². The fourth-order valence-corrected chi connectivity index (χ4v) is 2.61. The minimum Gasteiger partial charge on any atom is -0.497 e. The number of nitrogens with zero attached hydrogens (tertiary/aromatic N) is 1. The van der Waals surface area contributed by atoms with Gasteiger partial charge in [-0.15, -0.1) is 0 Å². The Morgan fingerprint density at radius 3 is 2.36 bits per heavy atom. The van der Waals surface area contributed by atoms with E-state index in [1.54, 1.807) is 54.6 Å². The van der Waals surface area contributed by atoms with Crippen LogP contribution in [0.3, 0.4) is 0 Å². The van der Waals surface area contributed by atoms with Crippen molar-refractivity contribution in [1.82, 2.24) is 0 Å². The molecule has 3 aromatic carbocycles. The van der Waals surface area contributed by atoms with Crippen molar-refractivity contribution < 1.29 is 14.5 Å². The van der Waals surface area contributed by atoms with Crippen LogP contribution in [0.2, 0.25) is 0 Å². The van der Waals surface area contributed by atoms with Crippen molar-refractivity contribution in [2.75, 3.05) is 7.11 Å². The third-order valence-corrected chi connectivity index (χ3v) is 3.87. The zero-order valence-electron chi connectivity index (χ0n) is 13.5. The maximum Gasteiger partial charge on any atom is 0.277 e. The molecule has 5 heteroatoms. The number of carbonyl (C=O) groups excluding carboxylic acids is 1. The fraction of sp³-hybridized carbons (Fsp3) is 0.0500. The summed E-state index contributed by atoms with van der Waals surface area (Å²) >= 11 is 0. The monoisotopic (exact) mass is 333 g/mol. The lowest BCUT2D eigenvalue weighted by Gasteiger charge is -2.08. The van der Waals surface area contributed by atoms with E-state index in [0.29, 0.717) is 28.0 Å². The molecule has 0 radical (unpaired) electrons. The Hall–Kier alpha value is -3.47. The van der Waals surface area contributed by atoms with E-state index in [4.69, 9.17) is 4.74 Å². The van der Waals surface area contributed by atoms with Crippen molar-refractivity contribution in [3.8, 4) is 16.9 Å². The smallest absolute Gasteiger partial charge is 0.277 e. The van der Waals surface area contributed by atoms with Gasteiger partial charge in [0, 0.05) is 17.2 Å². The first-order valence-corrected chi connectivity index (χ1v) is 7.63. The molecular formula is C20H15NO4. The van der Waals surface area contributed by atoms with Gasteiger partial charge in [0.1, 0.15) is 5.75 Å². The number of carbonyl (C=O) groups is 1. The molecule has 0 unspecified atom stereocenters. The van der Waals surface area contributed by atoms with Gasteiger partial charge in [-0.25, -0.2) is 0 Å². The fourth-order valence-electron chi connectivity index (χ4n) is 2.61. The molecule has 5 nitrogen and oxygen atoms in total. The first-order valence-electron chi connectivity index (χ1n) is 7.63. The van der Waals surface area contributed by atoms with Gasteiger partial charge < -0.3 is 4.74 Å². The predicted molar refractivity (Wildman–Crippen MR) is 95.0 cm³/mol. The van der Waals surface area contributed by atoms with Crippen LogP contribution in [0, 0.1) is 10.1 Å². The van der Waals surface area contributed by atoms with Gasteiger partial charge in [0.25, 0.3) is 5.69 Å². The molecule has 0 aliphatic carbocycles. The van der Waals surface area contributed by atoms with Gasteiger partial charge in [0.05, 0.1) is 17.6 Å². The molecule has 0 bridgehead atoms. The van der Waals surface area contributed by atoms with Gasteiger partial charge >= 0.3 is 0 Å². The molecule has 0 amide bonds. The Kier molecular flexibility index (Phi) is 4.57. The van der Waals surface area contributed by atoms with E-state index < -0.39 is 4.92 Å². The van der Waals surface area contributed by atoms with Crippen LogP contribution in [-0.4, -0.2) is 17.8 Å². The van der Waals surface area contributed by atoms with Gasteiger partial charge in [-0.2, -0.15) is 0 Å². The lowest BCUT2D eigenvalue weighted by molar-refractivity contribution is -0.384. The van der Waals surface area contributed by atoms with E-state index in [1.807, 2.05) is 6.07 Å². The quantitative estimate of drug-likeness (QED) is 0.391. The Balaban J connectivity index is 2.12. The molecule has 3 rings (SSSR count). The second-order valence-electron chi connectivity index (χ2n) is 5.42. The molecule has 0 atom stereocenters. The average molecular weight is 333 g/mol. The molecule has 0 N–H and O–H groups in total. The van der Waals surface area contributed by atoms with Crippen LogP contribution < -0.4 is 4.74 Å². The van der Waals surface area contributed by atoms with Gasteiger partial charge in [-0.3, -0.25) is 14.9 Å². The predicted octanol–water partition coefficient (Wildman–Crippen LogP) is 4.50. The van der Waals surface area contributed by atoms with E-state index >= 15 is 0 Å². The summed E-state index contributed by atoms with van der Waals surface area (Å²) in [5.74, 6) is 0.409. The maximum atomic E-state index is 12.6. The van der Waals surface area contributed by atoms with Crippen molar-refractivity contribution in [1.29, 1.82) is 0 Å². The van der Waals surface area contributed by atoms with Crippen molar-refractivity contribution in [3.05, 3.63) is 94.0 Å². The first kappa shape index (κ1) is 16.4. The molecule has 25 heavy (non-hydrogen) atoms. The molecule has 0 aromatic heterocycles. The maximum absolute atomic E-state index is 12.6. The topological polar surface area (TPSA) is 69.4 Å². The van der Waals surface area contributed by atoms with E-state index in [9.17, 15) is 14.9 Å². The Bertz CT molecular complexity index is 935. The van der Waals surface area contributed by atoms with Crippen molar-refractivity contribution >= 4 is 11.5 Å². The number of nitro benzene ring substituents is 1. The molecule has 0 aliphatic heterocycles. The van der Waals surface area contributed by atoms with E-state index in [1.165, 1.54) is 19.2 Å². The van der Waals surface area contributed by atoms with Crippen molar-refractivity contribution in [2.24, 2.45) is 0 Å². The normalized spacial score (nSPS) is 10.3. The Morgan fingerprint density at radius 2 is 1.68 bits per heavy atom. The molecule has 0 saturated heterocycles. The highest BCUT2D eigenvalue weighted by atomic mass is 16.6. The summed E-state index contributed by atoms with van der Waals surface area (Å²) in [6.45, 7) is 0. The molecular weight excluding hydrogens is 318 g/mol. The van der Waals surface area contributed by atoms with Crippen molar-refractivity contribution in [3.63, 3.8) is 0 Å². The number of nitro groups is 1. The van der Waals surface area contributed by atoms with Gasteiger partial charge in [-0.05, 0) is 29.8 Å². The number of rotatable bonds is 5. The second-order valence-corrected chi connectivity index (χ2v) is 5.42. The van der Waals surface area contributed by atoms with E-state index in [-0.39, 0.29) is 11.5 Å². The van der Waals surface area contributed by atoms with Crippen LogP contribution in [0.25, 0.3) is 11.1 Å². The SMILES string of the molecule is COc1cccc(-c2cc(C(=O)c3ccccc3)ccc2[N+](=O)[O-])c1. The molecule has 0 fully saturated rings. The number of methoxy groups -OCH3 is 1. The largest absolute Gasteiger partial charge is 0.497 e. The third-order valence-electron chi connectivity index (χ3n) is 3.87. The van der Waals surface area contributed by atoms with Gasteiger partial charge in [-0.1, -0.05) is 42.5 Å². The minimum absolute atomic E-state index is 0.0575. The molecule has 0 aliphatic rings. The zero-order valence-corrected chi connectivity index (χ0v) is 13.5. The van der Waals surface area contributed by atoms with Crippen LogP contribution in [0.1, 0.15) is 15.9 Å². The second kappa shape index (κ2) is 6.97. The van der Waals surface area contributed by atoms with Crippen LogP contribution in [0.5, 0.6) is 5.75 Å². The molecule has 124 valence electrons. The lowest BCUT2D eigenvalue weighted by Crippen LogP contribution is -2.02. The highest BCUT2D eigenvalue weighted by Gasteiger charge is 2.19. The highest BCUT2D eigenvalue weighted by Crippen LogP contribution is 2.33. The zero-order chi connectivity index (χ0) is 17.8. The Labute approximate surface area is 144 Å².